The minimum absolute atomic E-state index is 0.0672. The molecule has 1 aromatic carbocycles. The Kier molecular flexibility index (Phi) is 4.63. The van der Waals surface area contributed by atoms with Crippen molar-refractivity contribution in [2.75, 3.05) is 11.4 Å². The van der Waals surface area contributed by atoms with E-state index < -0.39 is 5.82 Å². The molecule has 0 radical (unpaired) electrons. The molecule has 1 aromatic heterocycles. The van der Waals surface area contributed by atoms with Gasteiger partial charge in [0.2, 0.25) is 0 Å². The van der Waals surface area contributed by atoms with E-state index in [-0.39, 0.29) is 4.99 Å². The van der Waals surface area contributed by atoms with Gasteiger partial charge in [-0.05, 0) is 31.2 Å². The Morgan fingerprint density at radius 2 is 2.10 bits per heavy atom. The topological polar surface area (TPSA) is 42.2 Å². The number of nitrogens with zero attached hydrogens (tertiary/aromatic N) is 2. The molecule has 0 amide bonds. The van der Waals surface area contributed by atoms with Gasteiger partial charge < -0.3 is 10.6 Å². The summed E-state index contributed by atoms with van der Waals surface area (Å²) in [4.78, 5) is 6.36. The van der Waals surface area contributed by atoms with Crippen LogP contribution in [0.25, 0.3) is 0 Å². The fraction of sp³-hybridized carbons (Fsp3) is 0.200. The molecule has 3 nitrogen and oxygen atoms in total. The van der Waals surface area contributed by atoms with Gasteiger partial charge in [0, 0.05) is 12.7 Å². The van der Waals surface area contributed by atoms with Gasteiger partial charge >= 0.3 is 0 Å². The van der Waals surface area contributed by atoms with Crippen LogP contribution in [0.3, 0.4) is 0 Å². The molecule has 0 aliphatic rings. The average molecular weight is 289 g/mol. The first-order valence-corrected chi connectivity index (χ1v) is 6.77. The van der Waals surface area contributed by atoms with Gasteiger partial charge in [-0.25, -0.2) is 4.39 Å². The number of rotatable bonds is 5. The molecule has 104 valence electrons. The van der Waals surface area contributed by atoms with Gasteiger partial charge in [-0.15, -0.1) is 0 Å². The average Bonchev–Trinajstić information content (AvgIpc) is 2.45. The van der Waals surface area contributed by atoms with E-state index in [2.05, 4.69) is 4.98 Å². The molecular weight excluding hydrogens is 273 g/mol. The Bertz CT molecular complexity index is 601. The molecule has 0 bridgehead atoms. The highest BCUT2D eigenvalue weighted by Gasteiger charge is 2.16. The molecule has 0 saturated heterocycles. The van der Waals surface area contributed by atoms with Gasteiger partial charge in [-0.2, -0.15) is 0 Å². The van der Waals surface area contributed by atoms with Crippen molar-refractivity contribution in [1.82, 2.24) is 4.98 Å². The SMILES string of the molecule is CCN(Cc1ccccn1)c1cccc(F)c1C(N)=S. The van der Waals surface area contributed by atoms with E-state index in [0.717, 1.165) is 5.69 Å². The molecule has 0 aliphatic carbocycles. The molecule has 2 aromatic rings. The molecule has 0 fully saturated rings. The predicted octanol–water partition coefficient (Wildman–Crippen LogP) is 2.88. The molecule has 0 unspecified atom stereocenters. The number of hydrogen-bond donors (Lipinski definition) is 1. The Labute approximate surface area is 123 Å². The van der Waals surface area contributed by atoms with E-state index in [1.807, 2.05) is 36.1 Å². The lowest BCUT2D eigenvalue weighted by molar-refractivity contribution is 0.624. The summed E-state index contributed by atoms with van der Waals surface area (Å²) in [6.07, 6.45) is 1.74. The molecular formula is C15H16FN3S. The van der Waals surface area contributed by atoms with Crippen LogP contribution in [0.2, 0.25) is 0 Å². The number of halogens is 1. The summed E-state index contributed by atoms with van der Waals surface area (Å²) in [5, 5.41) is 0. The molecule has 2 N–H and O–H groups in total. The lowest BCUT2D eigenvalue weighted by atomic mass is 10.1. The molecule has 0 aliphatic heterocycles. The van der Waals surface area contributed by atoms with Gasteiger partial charge in [-0.1, -0.05) is 24.4 Å². The third kappa shape index (κ3) is 3.11. The van der Waals surface area contributed by atoms with Crippen LogP contribution in [0.1, 0.15) is 18.2 Å². The second-order valence-corrected chi connectivity index (χ2v) is 4.77. The fourth-order valence-corrected chi connectivity index (χ4v) is 2.28. The number of aromatic nitrogens is 1. The molecule has 0 spiro atoms. The van der Waals surface area contributed by atoms with E-state index in [9.17, 15) is 4.39 Å². The lowest BCUT2D eigenvalue weighted by Crippen LogP contribution is -2.26. The van der Waals surface area contributed by atoms with Crippen molar-refractivity contribution < 1.29 is 4.39 Å². The van der Waals surface area contributed by atoms with Gasteiger partial charge in [-0.3, -0.25) is 4.98 Å². The summed E-state index contributed by atoms with van der Waals surface area (Å²) in [5.41, 5.74) is 7.55. The van der Waals surface area contributed by atoms with Crippen molar-refractivity contribution in [3.8, 4) is 0 Å². The number of anilines is 1. The van der Waals surface area contributed by atoms with Gasteiger partial charge in [0.1, 0.15) is 10.8 Å². The lowest BCUT2D eigenvalue weighted by Gasteiger charge is -2.25. The normalized spacial score (nSPS) is 10.3. The minimum Gasteiger partial charge on any atom is -0.389 e. The highest BCUT2D eigenvalue weighted by molar-refractivity contribution is 7.80. The number of thiocarbonyl (C=S) groups is 1. The molecule has 5 heteroatoms. The molecule has 0 atom stereocenters. The van der Waals surface area contributed by atoms with Crippen LogP contribution < -0.4 is 10.6 Å². The predicted molar refractivity (Wildman–Crippen MR) is 83.2 cm³/mol. The van der Waals surface area contributed by atoms with Crippen LogP contribution in [0.5, 0.6) is 0 Å². The zero-order valence-electron chi connectivity index (χ0n) is 11.2. The first-order valence-electron chi connectivity index (χ1n) is 6.36. The monoisotopic (exact) mass is 289 g/mol. The Morgan fingerprint density at radius 3 is 2.70 bits per heavy atom. The van der Waals surface area contributed by atoms with Crippen LogP contribution in [-0.2, 0) is 6.54 Å². The van der Waals surface area contributed by atoms with Crippen LogP contribution in [0.4, 0.5) is 10.1 Å². The quantitative estimate of drug-likeness (QED) is 0.859. The fourth-order valence-electron chi connectivity index (χ4n) is 2.07. The zero-order chi connectivity index (χ0) is 14.5. The maximum absolute atomic E-state index is 13.9. The maximum Gasteiger partial charge on any atom is 0.135 e. The van der Waals surface area contributed by atoms with Crippen molar-refractivity contribution in [3.63, 3.8) is 0 Å². The summed E-state index contributed by atoms with van der Waals surface area (Å²) in [7, 11) is 0. The summed E-state index contributed by atoms with van der Waals surface area (Å²) in [5.74, 6) is -0.394. The van der Waals surface area contributed by atoms with Crippen LogP contribution >= 0.6 is 12.2 Å². The van der Waals surface area contributed by atoms with Gasteiger partial charge in [0.25, 0.3) is 0 Å². The Balaban J connectivity index is 2.37. The van der Waals surface area contributed by atoms with E-state index in [1.54, 1.807) is 12.3 Å². The highest BCUT2D eigenvalue weighted by Crippen LogP contribution is 2.24. The van der Waals surface area contributed by atoms with E-state index in [4.69, 9.17) is 18.0 Å². The summed E-state index contributed by atoms with van der Waals surface area (Å²) in [6.45, 7) is 3.28. The third-order valence-electron chi connectivity index (χ3n) is 3.04. The van der Waals surface area contributed by atoms with Gasteiger partial charge in [0.15, 0.2) is 0 Å². The summed E-state index contributed by atoms with van der Waals surface area (Å²) < 4.78 is 13.9. The Hall–Kier alpha value is -2.01. The first-order chi connectivity index (χ1) is 9.63. The third-order valence-corrected chi connectivity index (χ3v) is 3.24. The van der Waals surface area contributed by atoms with Crippen molar-refractivity contribution >= 4 is 22.9 Å². The van der Waals surface area contributed by atoms with Crippen molar-refractivity contribution in [2.45, 2.75) is 13.5 Å². The van der Waals surface area contributed by atoms with Crippen LogP contribution in [0.15, 0.2) is 42.6 Å². The van der Waals surface area contributed by atoms with E-state index in [0.29, 0.717) is 24.3 Å². The Morgan fingerprint density at radius 1 is 1.30 bits per heavy atom. The second kappa shape index (κ2) is 6.43. The number of benzene rings is 1. The largest absolute Gasteiger partial charge is 0.389 e. The second-order valence-electron chi connectivity index (χ2n) is 4.33. The van der Waals surface area contributed by atoms with Crippen LogP contribution in [0, 0.1) is 5.82 Å². The van der Waals surface area contributed by atoms with E-state index >= 15 is 0 Å². The van der Waals surface area contributed by atoms with Crippen molar-refractivity contribution in [1.29, 1.82) is 0 Å². The van der Waals surface area contributed by atoms with Crippen molar-refractivity contribution in [3.05, 3.63) is 59.7 Å². The number of hydrogen-bond acceptors (Lipinski definition) is 3. The van der Waals surface area contributed by atoms with Crippen LogP contribution in [-0.4, -0.2) is 16.5 Å². The maximum atomic E-state index is 13.9. The number of pyridine rings is 1. The van der Waals surface area contributed by atoms with Gasteiger partial charge in [0.05, 0.1) is 23.5 Å². The molecule has 0 saturated carbocycles. The summed E-state index contributed by atoms with van der Waals surface area (Å²) in [6, 6.07) is 10.6. The highest BCUT2D eigenvalue weighted by atomic mass is 32.1. The molecule has 20 heavy (non-hydrogen) atoms. The van der Waals surface area contributed by atoms with E-state index in [1.165, 1.54) is 6.07 Å². The number of nitrogens with two attached hydrogens (primary N) is 1. The smallest absolute Gasteiger partial charge is 0.135 e. The zero-order valence-corrected chi connectivity index (χ0v) is 12.0. The summed E-state index contributed by atoms with van der Waals surface area (Å²) >= 11 is 4.96. The standard InChI is InChI=1S/C15H16FN3S/c1-2-19(10-11-6-3-4-9-18-11)13-8-5-7-12(16)14(13)15(17)20/h3-9H,2,10H2,1H3,(H2,17,20). The van der Waals surface area contributed by atoms with Crippen molar-refractivity contribution in [2.24, 2.45) is 5.73 Å². The first kappa shape index (κ1) is 14.4. The molecule has 1 heterocycles. The minimum atomic E-state index is -0.394. The molecule has 2 rings (SSSR count).